The summed E-state index contributed by atoms with van der Waals surface area (Å²) in [5, 5.41) is 6.22. The summed E-state index contributed by atoms with van der Waals surface area (Å²) in [6, 6.07) is 0. The highest BCUT2D eigenvalue weighted by atomic mass is 31.2. The maximum atomic E-state index is 9.39. The van der Waals surface area contributed by atoms with Gasteiger partial charge in [0.1, 0.15) is 0 Å². The van der Waals surface area contributed by atoms with E-state index in [2.05, 4.69) is 42.6 Å². The quantitative estimate of drug-likeness (QED) is 0.557. The minimum absolute atomic E-state index is 1.09. The van der Waals surface area contributed by atoms with Crippen LogP contribution in [0.1, 0.15) is 41.5 Å². The highest BCUT2D eigenvalue weighted by Gasteiger charge is 2.31. The van der Waals surface area contributed by atoms with Crippen molar-refractivity contribution in [1.82, 2.24) is 10.6 Å². The van der Waals surface area contributed by atoms with E-state index in [1.54, 1.807) is 0 Å². The first kappa shape index (κ1) is 27.4. The zero-order valence-electron chi connectivity index (χ0n) is 12.8. The van der Waals surface area contributed by atoms with Crippen LogP contribution >= 0.6 is 16.5 Å². The first-order chi connectivity index (χ1) is 8.95. The minimum Gasteiger partial charge on any atom is -0.317 e. The molecule has 0 aliphatic rings. The molecule has 0 radical (unpaired) electrons. The van der Waals surface area contributed by atoms with Crippen LogP contribution in [-0.4, -0.2) is 36.0 Å². The fourth-order valence-electron chi connectivity index (χ4n) is 0.560. The van der Waals surface area contributed by atoms with Gasteiger partial charge in [-0.25, -0.2) is 0 Å². The molecule has 2 atom stereocenters. The Balaban J connectivity index is -0.0000000848. The molecule has 0 aromatic carbocycles. The van der Waals surface area contributed by atoms with Gasteiger partial charge >= 0.3 is 16.5 Å². The van der Waals surface area contributed by atoms with E-state index in [1.807, 2.05) is 13.8 Å². The van der Waals surface area contributed by atoms with E-state index in [4.69, 9.17) is 9.79 Å². The summed E-state index contributed by atoms with van der Waals surface area (Å²) >= 11 is 0. The van der Waals surface area contributed by atoms with E-state index in [0.29, 0.717) is 0 Å². The van der Waals surface area contributed by atoms with Crippen molar-refractivity contribution < 1.29 is 23.2 Å². The Morgan fingerprint density at radius 1 is 0.789 bits per heavy atom. The van der Waals surface area contributed by atoms with Gasteiger partial charge in [-0.2, -0.15) is 0 Å². The second-order valence-corrected chi connectivity index (χ2v) is 4.08. The molecule has 0 aliphatic carbocycles. The van der Waals surface area contributed by atoms with Crippen LogP contribution in [0.4, 0.5) is 0 Å². The van der Waals surface area contributed by atoms with Crippen LogP contribution in [0, 0.1) is 0 Å². The van der Waals surface area contributed by atoms with Gasteiger partial charge in [0.15, 0.2) is 4.31 Å². The zero-order valence-corrected chi connectivity index (χ0v) is 14.6. The Labute approximate surface area is 119 Å². The van der Waals surface area contributed by atoms with Crippen molar-refractivity contribution >= 4 is 16.5 Å². The molecule has 0 bridgehead atoms. The van der Waals surface area contributed by atoms with Crippen molar-refractivity contribution in [2.24, 2.45) is 0 Å². The number of nitrogens with one attached hydrogen (secondary N) is 2. The van der Waals surface area contributed by atoms with E-state index in [9.17, 15) is 9.13 Å². The topological polar surface area (TPSA) is 108 Å². The molecule has 0 fully saturated rings. The maximum absolute atomic E-state index is 9.39. The van der Waals surface area contributed by atoms with E-state index in [0.717, 1.165) is 26.2 Å². The molecule has 0 aromatic heterocycles. The normalized spacial score (nSPS) is 9.68. The molecule has 0 aliphatic heterocycles. The highest BCUT2D eigenvalue weighted by molar-refractivity contribution is 7.46. The Morgan fingerprint density at radius 2 is 1.00 bits per heavy atom. The van der Waals surface area contributed by atoms with E-state index >= 15 is 0 Å². The molecule has 2 unspecified atom stereocenters. The third-order valence-corrected chi connectivity index (χ3v) is 2.26. The molecular formula is C10H30N2O5P2+2. The third-order valence-electron chi connectivity index (χ3n) is 1.14. The molecule has 0 saturated heterocycles. The predicted octanol–water partition coefficient (Wildman–Crippen LogP) is 2.56. The van der Waals surface area contributed by atoms with Gasteiger partial charge in [0.2, 0.25) is 0 Å². The Hall–Kier alpha value is -0.0000000000000000763. The number of hydrogen-bond acceptors (Lipinski definition) is 5. The zero-order chi connectivity index (χ0) is 16.1. The molecule has 0 saturated carbocycles. The molecule has 4 N–H and O–H groups in total. The SMILES string of the molecule is CC.CCNCC.CCNCC.O=[P+](O)O[P+](=O)O. The van der Waals surface area contributed by atoms with Crippen molar-refractivity contribution in [3.8, 4) is 0 Å². The smallest absolute Gasteiger partial charge is 0.317 e. The molecule has 7 nitrogen and oxygen atoms in total. The average Bonchev–Trinajstić information content (AvgIpc) is 2.33. The molecule has 19 heavy (non-hydrogen) atoms. The van der Waals surface area contributed by atoms with E-state index in [1.165, 1.54) is 0 Å². The lowest BCUT2D eigenvalue weighted by Crippen LogP contribution is -2.09. The molecule has 9 heteroatoms. The Morgan fingerprint density at radius 3 is 1.00 bits per heavy atom. The summed E-state index contributed by atoms with van der Waals surface area (Å²) in [6.07, 6.45) is 0. The van der Waals surface area contributed by atoms with Crippen LogP contribution in [0.3, 0.4) is 0 Å². The fourth-order valence-corrected chi connectivity index (χ4v) is 1.04. The van der Waals surface area contributed by atoms with E-state index < -0.39 is 16.5 Å². The molecular weight excluding hydrogens is 290 g/mol. The first-order valence-corrected chi connectivity index (χ1v) is 8.63. The lowest BCUT2D eigenvalue weighted by Gasteiger charge is -1.86. The van der Waals surface area contributed by atoms with Crippen molar-refractivity contribution in [3.63, 3.8) is 0 Å². The molecule has 0 heterocycles. The second-order valence-electron chi connectivity index (χ2n) is 2.47. The summed E-state index contributed by atoms with van der Waals surface area (Å²) in [4.78, 5) is 15.3. The average molecular weight is 320 g/mol. The van der Waals surface area contributed by atoms with Crippen LogP contribution in [0.15, 0.2) is 0 Å². The van der Waals surface area contributed by atoms with Crippen LogP contribution < -0.4 is 10.6 Å². The third kappa shape index (κ3) is 72.0. The predicted molar refractivity (Wildman–Crippen MR) is 80.5 cm³/mol. The van der Waals surface area contributed by atoms with Crippen LogP contribution in [-0.2, 0) is 13.4 Å². The van der Waals surface area contributed by atoms with Crippen LogP contribution in [0.2, 0.25) is 0 Å². The summed E-state index contributed by atoms with van der Waals surface area (Å²) < 4.78 is 22.2. The van der Waals surface area contributed by atoms with Crippen molar-refractivity contribution in [2.75, 3.05) is 26.2 Å². The Bertz CT molecular complexity index is 163. The van der Waals surface area contributed by atoms with Gasteiger partial charge in [0, 0.05) is 9.13 Å². The van der Waals surface area contributed by atoms with Crippen molar-refractivity contribution in [2.45, 2.75) is 41.5 Å². The monoisotopic (exact) mass is 320 g/mol. The van der Waals surface area contributed by atoms with Gasteiger partial charge < -0.3 is 10.6 Å². The van der Waals surface area contributed by atoms with Gasteiger partial charge in [0.05, 0.1) is 0 Å². The van der Waals surface area contributed by atoms with Gasteiger partial charge in [-0.05, 0) is 26.2 Å². The van der Waals surface area contributed by atoms with Gasteiger partial charge in [-0.3, -0.25) is 0 Å². The summed E-state index contributed by atoms with van der Waals surface area (Å²) in [7, 11) is -5.85. The highest BCUT2D eigenvalue weighted by Crippen LogP contribution is 2.30. The summed E-state index contributed by atoms with van der Waals surface area (Å²) in [6.45, 7) is 16.8. The number of rotatable bonds is 6. The number of hydrogen-bond donors (Lipinski definition) is 4. The molecule has 0 aromatic rings. The Kier molecular flexibility index (Phi) is 44.3. The molecule has 0 spiro atoms. The van der Waals surface area contributed by atoms with Crippen LogP contribution in [0.5, 0.6) is 0 Å². The minimum atomic E-state index is -2.92. The molecule has 0 rings (SSSR count). The maximum Gasteiger partial charge on any atom is 0.745 e. The molecule has 118 valence electrons. The molecule has 0 amide bonds. The van der Waals surface area contributed by atoms with Crippen molar-refractivity contribution in [1.29, 1.82) is 0 Å². The summed E-state index contributed by atoms with van der Waals surface area (Å²) in [5.74, 6) is 0. The lowest BCUT2D eigenvalue weighted by atomic mass is 10.7. The van der Waals surface area contributed by atoms with E-state index in [-0.39, 0.29) is 0 Å². The van der Waals surface area contributed by atoms with Gasteiger partial charge in [0.25, 0.3) is 0 Å². The first-order valence-electron chi connectivity index (χ1n) is 6.37. The fraction of sp³-hybridized carbons (Fsp3) is 1.00. The second kappa shape index (κ2) is 30.8. The van der Waals surface area contributed by atoms with Crippen molar-refractivity contribution in [3.05, 3.63) is 0 Å². The lowest BCUT2D eigenvalue weighted by molar-refractivity contribution is 0.371. The van der Waals surface area contributed by atoms with Gasteiger partial charge in [-0.15, -0.1) is 9.79 Å². The van der Waals surface area contributed by atoms with Crippen LogP contribution in [0.25, 0.3) is 0 Å². The largest absolute Gasteiger partial charge is 0.745 e. The summed E-state index contributed by atoms with van der Waals surface area (Å²) in [5.41, 5.74) is 0. The standard InChI is InChI=1S/2C4H11N.C2H6.O5P2/c2*1-3-5-4-2;1-2;1-6(2)5-7(3)4/h2*5H,3-4H2,1-2H3;1-2H3;/p+2. The van der Waals surface area contributed by atoms with Gasteiger partial charge in [-0.1, -0.05) is 41.5 Å².